The summed E-state index contributed by atoms with van der Waals surface area (Å²) in [5.74, 6) is 0.328. The van der Waals surface area contributed by atoms with Crippen LogP contribution in [0.4, 0.5) is 0 Å². The Morgan fingerprint density at radius 3 is 2.23 bits per heavy atom. The highest BCUT2D eigenvalue weighted by Gasteiger charge is 2.00. The lowest BCUT2D eigenvalue weighted by Crippen LogP contribution is -2.23. The summed E-state index contributed by atoms with van der Waals surface area (Å²) in [6.07, 6.45) is 4.14. The van der Waals surface area contributed by atoms with Gasteiger partial charge in [-0.15, -0.1) is 0 Å². The zero-order chi connectivity index (χ0) is 10.3. The fraction of sp³-hybridized carbons (Fsp3) is 1.00. The summed E-state index contributed by atoms with van der Waals surface area (Å²) < 4.78 is 21.5. The third-order valence-corrected chi connectivity index (χ3v) is 2.77. The monoisotopic (exact) mass is 207 g/mol. The van der Waals surface area contributed by atoms with Crippen LogP contribution < -0.4 is 5.32 Å². The standard InChI is InChI=1S/C9H21NO2S/c1-9(2)10-7-5-4-6-8-13(3,11)12/h9-10H,4-8H2,1-3H3. The first kappa shape index (κ1) is 12.9. The summed E-state index contributed by atoms with van der Waals surface area (Å²) in [4.78, 5) is 0. The van der Waals surface area contributed by atoms with Gasteiger partial charge in [0.2, 0.25) is 0 Å². The molecule has 0 spiro atoms. The number of hydrogen-bond acceptors (Lipinski definition) is 3. The van der Waals surface area contributed by atoms with Gasteiger partial charge in [-0.05, 0) is 19.4 Å². The molecular formula is C9H21NO2S. The molecule has 0 aliphatic carbocycles. The van der Waals surface area contributed by atoms with Crippen molar-refractivity contribution in [1.29, 1.82) is 0 Å². The number of hydrogen-bond donors (Lipinski definition) is 1. The van der Waals surface area contributed by atoms with Gasteiger partial charge in [0.1, 0.15) is 9.84 Å². The van der Waals surface area contributed by atoms with Crippen LogP contribution in [0.1, 0.15) is 33.1 Å². The molecule has 3 nitrogen and oxygen atoms in total. The van der Waals surface area contributed by atoms with E-state index in [0.29, 0.717) is 11.8 Å². The topological polar surface area (TPSA) is 46.2 Å². The van der Waals surface area contributed by atoms with Crippen LogP contribution in [0, 0.1) is 0 Å². The van der Waals surface area contributed by atoms with Gasteiger partial charge in [-0.3, -0.25) is 0 Å². The predicted molar refractivity (Wildman–Crippen MR) is 56.7 cm³/mol. The van der Waals surface area contributed by atoms with Crippen LogP contribution in [0.2, 0.25) is 0 Å². The molecule has 0 fully saturated rings. The molecule has 0 saturated heterocycles. The van der Waals surface area contributed by atoms with E-state index in [-0.39, 0.29) is 0 Å². The third kappa shape index (κ3) is 11.9. The fourth-order valence-electron chi connectivity index (χ4n) is 1.06. The minimum atomic E-state index is -2.75. The van der Waals surface area contributed by atoms with Crippen LogP contribution in [0.5, 0.6) is 0 Å². The Morgan fingerprint density at radius 2 is 1.77 bits per heavy atom. The van der Waals surface area contributed by atoms with Gasteiger partial charge in [-0.2, -0.15) is 0 Å². The molecule has 0 bridgehead atoms. The van der Waals surface area contributed by atoms with Gasteiger partial charge in [0.25, 0.3) is 0 Å². The van der Waals surface area contributed by atoms with Crippen molar-refractivity contribution in [2.45, 2.75) is 39.2 Å². The van der Waals surface area contributed by atoms with Crippen LogP contribution in [0.15, 0.2) is 0 Å². The van der Waals surface area contributed by atoms with Crippen molar-refractivity contribution in [3.05, 3.63) is 0 Å². The fourth-order valence-corrected chi connectivity index (χ4v) is 1.79. The molecular weight excluding hydrogens is 186 g/mol. The van der Waals surface area contributed by atoms with Gasteiger partial charge in [-0.1, -0.05) is 20.3 Å². The molecule has 4 heteroatoms. The van der Waals surface area contributed by atoms with E-state index in [4.69, 9.17) is 0 Å². The average molecular weight is 207 g/mol. The van der Waals surface area contributed by atoms with Gasteiger partial charge < -0.3 is 5.32 Å². The maximum Gasteiger partial charge on any atom is 0.147 e. The van der Waals surface area contributed by atoms with E-state index < -0.39 is 9.84 Å². The normalized spacial score (nSPS) is 12.3. The molecule has 0 rings (SSSR count). The van der Waals surface area contributed by atoms with E-state index in [1.165, 1.54) is 6.26 Å². The summed E-state index contributed by atoms with van der Waals surface area (Å²) in [6, 6.07) is 0.523. The highest BCUT2D eigenvalue weighted by atomic mass is 32.2. The number of rotatable bonds is 7. The molecule has 0 aromatic carbocycles. The highest BCUT2D eigenvalue weighted by Crippen LogP contribution is 1.97. The molecule has 0 aliphatic heterocycles. The molecule has 80 valence electrons. The van der Waals surface area contributed by atoms with Gasteiger partial charge in [0.05, 0.1) is 0 Å². The maximum atomic E-state index is 10.8. The van der Waals surface area contributed by atoms with Crippen molar-refractivity contribution < 1.29 is 8.42 Å². The SMILES string of the molecule is CC(C)NCCCCCS(C)(=O)=O. The summed E-state index contributed by atoms with van der Waals surface area (Å²) in [6.45, 7) is 5.20. The van der Waals surface area contributed by atoms with Gasteiger partial charge >= 0.3 is 0 Å². The molecule has 0 radical (unpaired) electrons. The highest BCUT2D eigenvalue weighted by molar-refractivity contribution is 7.90. The molecule has 0 aromatic rings. The van der Waals surface area contributed by atoms with E-state index >= 15 is 0 Å². The average Bonchev–Trinajstić information content (AvgIpc) is 1.93. The first-order valence-electron chi connectivity index (χ1n) is 4.83. The van der Waals surface area contributed by atoms with Crippen LogP contribution in [0.25, 0.3) is 0 Å². The summed E-state index contributed by atoms with van der Waals surface area (Å²) in [7, 11) is -2.75. The lowest BCUT2D eigenvalue weighted by Gasteiger charge is -2.06. The van der Waals surface area contributed by atoms with Crippen molar-refractivity contribution in [3.8, 4) is 0 Å². The van der Waals surface area contributed by atoms with Crippen molar-refractivity contribution >= 4 is 9.84 Å². The van der Waals surface area contributed by atoms with Crippen LogP contribution >= 0.6 is 0 Å². The summed E-state index contributed by atoms with van der Waals surface area (Å²) >= 11 is 0. The minimum Gasteiger partial charge on any atom is -0.315 e. The molecule has 0 heterocycles. The number of nitrogens with one attached hydrogen (secondary N) is 1. The van der Waals surface area contributed by atoms with Crippen LogP contribution in [-0.2, 0) is 9.84 Å². The molecule has 0 saturated carbocycles. The molecule has 1 N–H and O–H groups in total. The largest absolute Gasteiger partial charge is 0.315 e. The van der Waals surface area contributed by atoms with E-state index in [1.54, 1.807) is 0 Å². The number of unbranched alkanes of at least 4 members (excludes halogenated alkanes) is 2. The smallest absolute Gasteiger partial charge is 0.147 e. The zero-order valence-corrected chi connectivity index (χ0v) is 9.65. The summed E-state index contributed by atoms with van der Waals surface area (Å²) in [5.41, 5.74) is 0. The minimum absolute atomic E-state index is 0.328. The Morgan fingerprint density at radius 1 is 1.15 bits per heavy atom. The van der Waals surface area contributed by atoms with Crippen molar-refractivity contribution in [2.24, 2.45) is 0 Å². The molecule has 0 atom stereocenters. The molecule has 13 heavy (non-hydrogen) atoms. The van der Waals surface area contributed by atoms with Gasteiger partial charge in [-0.25, -0.2) is 8.42 Å². The second kappa shape index (κ2) is 6.38. The van der Waals surface area contributed by atoms with E-state index in [0.717, 1.165) is 25.8 Å². The van der Waals surface area contributed by atoms with E-state index in [2.05, 4.69) is 19.2 Å². The lowest BCUT2D eigenvalue weighted by molar-refractivity contribution is 0.551. The Labute approximate surface area is 81.8 Å². The van der Waals surface area contributed by atoms with E-state index in [9.17, 15) is 8.42 Å². The molecule has 0 amide bonds. The third-order valence-electron chi connectivity index (χ3n) is 1.74. The quantitative estimate of drug-likeness (QED) is 0.638. The lowest BCUT2D eigenvalue weighted by atomic mass is 10.2. The van der Waals surface area contributed by atoms with Crippen LogP contribution in [-0.4, -0.2) is 33.0 Å². The van der Waals surface area contributed by atoms with Crippen molar-refractivity contribution in [3.63, 3.8) is 0 Å². The van der Waals surface area contributed by atoms with Crippen molar-refractivity contribution in [1.82, 2.24) is 5.32 Å². The van der Waals surface area contributed by atoms with Crippen LogP contribution in [0.3, 0.4) is 0 Å². The Hall–Kier alpha value is -0.0900. The summed E-state index contributed by atoms with van der Waals surface area (Å²) in [5, 5.41) is 3.29. The Bertz CT molecular complexity index is 210. The van der Waals surface area contributed by atoms with Gasteiger partial charge in [0.15, 0.2) is 0 Å². The van der Waals surface area contributed by atoms with E-state index in [1.807, 2.05) is 0 Å². The molecule has 0 aliphatic rings. The molecule has 0 aromatic heterocycles. The predicted octanol–water partition coefficient (Wildman–Crippen LogP) is 1.20. The zero-order valence-electron chi connectivity index (χ0n) is 8.84. The first-order chi connectivity index (χ1) is 5.92. The maximum absolute atomic E-state index is 10.8. The Kier molecular flexibility index (Phi) is 6.33. The Balaban J connectivity index is 3.18. The van der Waals surface area contributed by atoms with Crippen molar-refractivity contribution in [2.75, 3.05) is 18.6 Å². The van der Waals surface area contributed by atoms with Gasteiger partial charge in [0, 0.05) is 18.1 Å². The number of sulfone groups is 1. The molecule has 0 unspecified atom stereocenters. The second-order valence-electron chi connectivity index (χ2n) is 3.80. The second-order valence-corrected chi connectivity index (χ2v) is 6.06. The first-order valence-corrected chi connectivity index (χ1v) is 6.89.